The van der Waals surface area contributed by atoms with Gasteiger partial charge in [0.05, 0.1) is 12.3 Å². The first-order valence-corrected chi connectivity index (χ1v) is 7.04. The van der Waals surface area contributed by atoms with Crippen LogP contribution in [-0.2, 0) is 6.42 Å². The Morgan fingerprint density at radius 3 is 2.80 bits per heavy atom. The molecule has 1 aromatic carbocycles. The summed E-state index contributed by atoms with van der Waals surface area (Å²) in [6.45, 7) is 4.22. The van der Waals surface area contributed by atoms with Crippen LogP contribution >= 0.6 is 0 Å². The van der Waals surface area contributed by atoms with E-state index >= 15 is 0 Å². The maximum atomic E-state index is 13.3. The van der Waals surface area contributed by atoms with Crippen molar-refractivity contribution in [1.82, 2.24) is 9.78 Å². The van der Waals surface area contributed by atoms with E-state index in [9.17, 15) is 9.50 Å². The standard InChI is InChI=1S/C16H21FN2O/c1-3-12(2)19-8-7-16(18-19)10-14(11-20)13-5-4-6-15(17)9-13/h4-9,12,14,20H,3,10-11H2,1-2H3. The van der Waals surface area contributed by atoms with E-state index in [1.807, 2.05) is 23.0 Å². The Labute approximate surface area is 119 Å². The van der Waals surface area contributed by atoms with E-state index in [2.05, 4.69) is 18.9 Å². The van der Waals surface area contributed by atoms with Crippen LogP contribution in [0.2, 0.25) is 0 Å². The first-order valence-electron chi connectivity index (χ1n) is 7.04. The normalized spacial score (nSPS) is 14.2. The highest BCUT2D eigenvalue weighted by Gasteiger charge is 2.14. The van der Waals surface area contributed by atoms with Crippen molar-refractivity contribution in [3.8, 4) is 0 Å². The maximum absolute atomic E-state index is 13.3. The number of halogens is 1. The van der Waals surface area contributed by atoms with Crippen molar-refractivity contribution in [2.75, 3.05) is 6.61 Å². The number of aliphatic hydroxyl groups is 1. The molecular formula is C16H21FN2O. The number of rotatable bonds is 6. The molecule has 1 aromatic heterocycles. The molecule has 0 amide bonds. The Balaban J connectivity index is 2.12. The molecule has 0 aliphatic rings. The average molecular weight is 276 g/mol. The Morgan fingerprint density at radius 2 is 2.15 bits per heavy atom. The third kappa shape index (κ3) is 3.45. The largest absolute Gasteiger partial charge is 0.396 e. The number of benzene rings is 1. The minimum atomic E-state index is -0.272. The van der Waals surface area contributed by atoms with Crippen LogP contribution in [-0.4, -0.2) is 21.5 Å². The zero-order valence-electron chi connectivity index (χ0n) is 12.0. The summed E-state index contributed by atoms with van der Waals surface area (Å²) in [6.07, 6.45) is 3.60. The highest BCUT2D eigenvalue weighted by Crippen LogP contribution is 2.21. The summed E-state index contributed by atoms with van der Waals surface area (Å²) >= 11 is 0. The van der Waals surface area contributed by atoms with E-state index in [4.69, 9.17) is 0 Å². The number of aliphatic hydroxyl groups excluding tert-OH is 1. The second-order valence-electron chi connectivity index (χ2n) is 5.18. The molecule has 0 fully saturated rings. The molecule has 0 bridgehead atoms. The molecule has 2 atom stereocenters. The zero-order valence-corrected chi connectivity index (χ0v) is 12.0. The summed E-state index contributed by atoms with van der Waals surface area (Å²) in [7, 11) is 0. The average Bonchev–Trinajstić information content (AvgIpc) is 2.92. The van der Waals surface area contributed by atoms with Gasteiger partial charge in [0, 0.05) is 24.6 Å². The summed E-state index contributed by atoms with van der Waals surface area (Å²) < 4.78 is 15.2. The fourth-order valence-corrected chi connectivity index (χ4v) is 2.22. The number of nitrogens with zero attached hydrogens (tertiary/aromatic N) is 2. The Hall–Kier alpha value is -1.68. The summed E-state index contributed by atoms with van der Waals surface area (Å²) in [5.41, 5.74) is 1.74. The summed E-state index contributed by atoms with van der Waals surface area (Å²) in [6, 6.07) is 8.74. The van der Waals surface area contributed by atoms with Gasteiger partial charge in [0.15, 0.2) is 0 Å². The lowest BCUT2D eigenvalue weighted by Crippen LogP contribution is -2.10. The first kappa shape index (κ1) is 14.7. The predicted octanol–water partition coefficient (Wildman–Crippen LogP) is 3.31. The SMILES string of the molecule is CCC(C)n1ccc(CC(CO)c2cccc(F)c2)n1. The van der Waals surface area contributed by atoms with E-state index in [1.54, 1.807) is 6.07 Å². The lowest BCUT2D eigenvalue weighted by atomic mass is 9.95. The highest BCUT2D eigenvalue weighted by atomic mass is 19.1. The van der Waals surface area contributed by atoms with Crippen molar-refractivity contribution in [2.45, 2.75) is 38.6 Å². The number of aromatic nitrogens is 2. The maximum Gasteiger partial charge on any atom is 0.123 e. The zero-order chi connectivity index (χ0) is 14.5. The molecule has 0 spiro atoms. The molecule has 0 saturated heterocycles. The minimum absolute atomic E-state index is 0.0142. The van der Waals surface area contributed by atoms with Crippen molar-refractivity contribution in [1.29, 1.82) is 0 Å². The lowest BCUT2D eigenvalue weighted by molar-refractivity contribution is 0.263. The molecule has 108 valence electrons. The van der Waals surface area contributed by atoms with Gasteiger partial charge in [0.25, 0.3) is 0 Å². The molecule has 3 nitrogen and oxygen atoms in total. The van der Waals surface area contributed by atoms with Crippen molar-refractivity contribution < 1.29 is 9.50 Å². The van der Waals surface area contributed by atoms with Gasteiger partial charge in [-0.3, -0.25) is 4.68 Å². The van der Waals surface area contributed by atoms with Crippen molar-refractivity contribution in [2.24, 2.45) is 0 Å². The van der Waals surface area contributed by atoms with E-state index in [0.717, 1.165) is 17.7 Å². The Morgan fingerprint density at radius 1 is 1.35 bits per heavy atom. The highest BCUT2D eigenvalue weighted by molar-refractivity contribution is 5.22. The van der Waals surface area contributed by atoms with E-state index in [1.165, 1.54) is 12.1 Å². The van der Waals surface area contributed by atoms with Gasteiger partial charge in [-0.25, -0.2) is 4.39 Å². The van der Waals surface area contributed by atoms with Crippen LogP contribution < -0.4 is 0 Å². The van der Waals surface area contributed by atoms with Crippen molar-refractivity contribution in [3.63, 3.8) is 0 Å². The van der Waals surface area contributed by atoms with Crippen LogP contribution in [0, 0.1) is 5.82 Å². The first-order chi connectivity index (χ1) is 9.63. The quantitative estimate of drug-likeness (QED) is 0.879. The molecule has 20 heavy (non-hydrogen) atoms. The third-order valence-corrected chi connectivity index (χ3v) is 3.70. The predicted molar refractivity (Wildman–Crippen MR) is 77.2 cm³/mol. The molecule has 2 unspecified atom stereocenters. The van der Waals surface area contributed by atoms with Crippen LogP contribution in [0.5, 0.6) is 0 Å². The van der Waals surface area contributed by atoms with E-state index in [-0.39, 0.29) is 18.3 Å². The van der Waals surface area contributed by atoms with Gasteiger partial charge in [0.1, 0.15) is 5.82 Å². The van der Waals surface area contributed by atoms with Crippen molar-refractivity contribution in [3.05, 3.63) is 53.6 Å². The van der Waals surface area contributed by atoms with E-state index in [0.29, 0.717) is 12.5 Å². The second-order valence-corrected chi connectivity index (χ2v) is 5.18. The van der Waals surface area contributed by atoms with Gasteiger partial charge < -0.3 is 5.11 Å². The molecule has 0 aliphatic carbocycles. The molecule has 2 rings (SSSR count). The van der Waals surface area contributed by atoms with Gasteiger partial charge >= 0.3 is 0 Å². The molecule has 2 aromatic rings. The summed E-state index contributed by atoms with van der Waals surface area (Å²) in [4.78, 5) is 0. The second kappa shape index (κ2) is 6.66. The molecule has 0 radical (unpaired) electrons. The number of hydrogen-bond acceptors (Lipinski definition) is 2. The lowest BCUT2D eigenvalue weighted by Gasteiger charge is -2.13. The van der Waals surface area contributed by atoms with Crippen LogP contribution in [0.4, 0.5) is 4.39 Å². The molecule has 1 N–H and O–H groups in total. The van der Waals surface area contributed by atoms with Crippen LogP contribution in [0.25, 0.3) is 0 Å². The molecular weight excluding hydrogens is 255 g/mol. The third-order valence-electron chi connectivity index (χ3n) is 3.70. The van der Waals surface area contributed by atoms with Gasteiger partial charge in [-0.1, -0.05) is 19.1 Å². The Kier molecular flexibility index (Phi) is 4.90. The molecule has 0 aliphatic heterocycles. The van der Waals surface area contributed by atoms with Crippen LogP contribution in [0.1, 0.15) is 43.5 Å². The van der Waals surface area contributed by atoms with Gasteiger partial charge in [0.2, 0.25) is 0 Å². The van der Waals surface area contributed by atoms with Gasteiger partial charge in [-0.05, 0) is 37.1 Å². The van der Waals surface area contributed by atoms with Gasteiger partial charge in [-0.15, -0.1) is 0 Å². The van der Waals surface area contributed by atoms with Crippen LogP contribution in [0.15, 0.2) is 36.5 Å². The van der Waals surface area contributed by atoms with E-state index < -0.39 is 0 Å². The van der Waals surface area contributed by atoms with Crippen LogP contribution in [0.3, 0.4) is 0 Å². The summed E-state index contributed by atoms with van der Waals surface area (Å²) in [5, 5.41) is 14.1. The number of hydrogen-bond donors (Lipinski definition) is 1. The smallest absolute Gasteiger partial charge is 0.123 e. The Bertz CT molecular complexity index is 553. The monoisotopic (exact) mass is 276 g/mol. The fourth-order valence-electron chi connectivity index (χ4n) is 2.22. The van der Waals surface area contributed by atoms with Gasteiger partial charge in [-0.2, -0.15) is 5.10 Å². The molecule has 0 saturated carbocycles. The fraction of sp³-hybridized carbons (Fsp3) is 0.438. The minimum Gasteiger partial charge on any atom is -0.396 e. The summed E-state index contributed by atoms with van der Waals surface area (Å²) in [5.74, 6) is -0.392. The van der Waals surface area contributed by atoms with Crippen molar-refractivity contribution >= 4 is 0 Å². The molecule has 1 heterocycles. The topological polar surface area (TPSA) is 38.0 Å². The molecule has 4 heteroatoms.